The van der Waals surface area contributed by atoms with Gasteiger partial charge in [0, 0.05) is 17.5 Å². The number of rotatable bonds is 3. The molecule has 0 aromatic heterocycles. The summed E-state index contributed by atoms with van der Waals surface area (Å²) < 4.78 is 16.6. The van der Waals surface area contributed by atoms with Gasteiger partial charge in [-0.25, -0.2) is 0 Å². The fourth-order valence-electron chi connectivity index (χ4n) is 3.23. The quantitative estimate of drug-likeness (QED) is 0.892. The zero-order chi connectivity index (χ0) is 12.6. The van der Waals surface area contributed by atoms with Gasteiger partial charge in [0.1, 0.15) is 5.75 Å². The molecule has 1 aromatic rings. The van der Waals surface area contributed by atoms with Crippen molar-refractivity contribution in [2.24, 2.45) is 5.73 Å². The molecule has 1 aliphatic heterocycles. The molecule has 0 radical (unpaired) electrons. The van der Waals surface area contributed by atoms with Crippen LogP contribution in [-0.2, 0) is 5.41 Å². The molecule has 1 aliphatic carbocycles. The minimum Gasteiger partial charge on any atom is -0.496 e. The van der Waals surface area contributed by atoms with Crippen molar-refractivity contribution in [2.45, 2.75) is 31.1 Å². The molecule has 18 heavy (non-hydrogen) atoms. The smallest absolute Gasteiger partial charge is 0.231 e. The average molecular weight is 249 g/mol. The zero-order valence-electron chi connectivity index (χ0n) is 10.7. The number of hydrogen-bond donors (Lipinski definition) is 1. The SMILES string of the molecule is COc1ccc2c(c1C1(CN)CCCC1)OCO2. The Balaban J connectivity index is 2.17. The molecule has 2 aliphatic rings. The normalized spacial score (nSPS) is 20.1. The number of ether oxygens (including phenoxy) is 3. The first kappa shape index (κ1) is 11.7. The third-order valence-corrected chi connectivity index (χ3v) is 4.20. The molecule has 4 heteroatoms. The predicted octanol–water partition coefficient (Wildman–Crippen LogP) is 2.19. The van der Waals surface area contributed by atoms with E-state index in [2.05, 4.69) is 0 Å². The van der Waals surface area contributed by atoms with E-state index in [1.807, 2.05) is 12.1 Å². The van der Waals surface area contributed by atoms with Gasteiger partial charge < -0.3 is 19.9 Å². The van der Waals surface area contributed by atoms with Crippen molar-refractivity contribution < 1.29 is 14.2 Å². The Bertz CT molecular complexity index is 453. The van der Waals surface area contributed by atoms with Gasteiger partial charge in [0.25, 0.3) is 0 Å². The lowest BCUT2D eigenvalue weighted by molar-refractivity contribution is 0.171. The largest absolute Gasteiger partial charge is 0.496 e. The van der Waals surface area contributed by atoms with E-state index < -0.39 is 0 Å². The fourth-order valence-corrected chi connectivity index (χ4v) is 3.23. The van der Waals surface area contributed by atoms with Gasteiger partial charge in [-0.05, 0) is 25.0 Å². The predicted molar refractivity (Wildman–Crippen MR) is 68.3 cm³/mol. The summed E-state index contributed by atoms with van der Waals surface area (Å²) in [6.07, 6.45) is 4.62. The van der Waals surface area contributed by atoms with E-state index in [1.54, 1.807) is 7.11 Å². The summed E-state index contributed by atoms with van der Waals surface area (Å²) in [5.74, 6) is 2.51. The van der Waals surface area contributed by atoms with Gasteiger partial charge in [0.2, 0.25) is 6.79 Å². The molecule has 1 aromatic carbocycles. The van der Waals surface area contributed by atoms with E-state index in [1.165, 1.54) is 12.8 Å². The molecule has 0 amide bonds. The molecule has 0 spiro atoms. The van der Waals surface area contributed by atoms with E-state index in [0.29, 0.717) is 6.54 Å². The van der Waals surface area contributed by atoms with Crippen molar-refractivity contribution in [1.29, 1.82) is 0 Å². The van der Waals surface area contributed by atoms with Crippen LogP contribution in [0.15, 0.2) is 12.1 Å². The first-order chi connectivity index (χ1) is 8.80. The van der Waals surface area contributed by atoms with Gasteiger partial charge in [0.05, 0.1) is 7.11 Å². The highest BCUT2D eigenvalue weighted by Gasteiger charge is 2.41. The van der Waals surface area contributed by atoms with Crippen molar-refractivity contribution in [3.8, 4) is 17.2 Å². The molecule has 1 fully saturated rings. The van der Waals surface area contributed by atoms with Crippen LogP contribution in [-0.4, -0.2) is 20.4 Å². The van der Waals surface area contributed by atoms with Crippen molar-refractivity contribution in [2.75, 3.05) is 20.4 Å². The van der Waals surface area contributed by atoms with Crippen LogP contribution in [0.25, 0.3) is 0 Å². The van der Waals surface area contributed by atoms with Crippen molar-refractivity contribution in [1.82, 2.24) is 0 Å². The number of fused-ring (bicyclic) bond motifs is 1. The van der Waals surface area contributed by atoms with E-state index in [4.69, 9.17) is 19.9 Å². The maximum Gasteiger partial charge on any atom is 0.231 e. The molecule has 98 valence electrons. The Morgan fingerprint density at radius 2 is 2.06 bits per heavy atom. The monoisotopic (exact) mass is 249 g/mol. The van der Waals surface area contributed by atoms with Crippen molar-refractivity contribution in [3.63, 3.8) is 0 Å². The number of nitrogens with two attached hydrogens (primary N) is 1. The maximum absolute atomic E-state index is 6.07. The summed E-state index contributed by atoms with van der Waals surface area (Å²) in [5.41, 5.74) is 7.17. The summed E-state index contributed by atoms with van der Waals surface area (Å²) in [7, 11) is 1.69. The second kappa shape index (κ2) is 4.35. The van der Waals surface area contributed by atoms with Gasteiger partial charge in [0.15, 0.2) is 11.5 Å². The average Bonchev–Trinajstić information content (AvgIpc) is 3.06. The Kier molecular flexibility index (Phi) is 2.82. The first-order valence-corrected chi connectivity index (χ1v) is 6.48. The van der Waals surface area contributed by atoms with E-state index >= 15 is 0 Å². The Morgan fingerprint density at radius 1 is 1.28 bits per heavy atom. The highest BCUT2D eigenvalue weighted by atomic mass is 16.7. The zero-order valence-corrected chi connectivity index (χ0v) is 10.7. The number of hydrogen-bond acceptors (Lipinski definition) is 4. The van der Waals surface area contributed by atoms with Gasteiger partial charge in [-0.3, -0.25) is 0 Å². The minimum atomic E-state index is -0.00954. The maximum atomic E-state index is 6.07. The number of methoxy groups -OCH3 is 1. The molecule has 4 nitrogen and oxygen atoms in total. The van der Waals surface area contributed by atoms with Crippen LogP contribution in [0.3, 0.4) is 0 Å². The standard InChI is InChI=1S/C14H19NO3/c1-16-10-4-5-11-13(18-9-17-11)12(10)14(8-15)6-2-3-7-14/h4-5H,2-3,6-9,15H2,1H3. The van der Waals surface area contributed by atoms with Gasteiger partial charge in [-0.2, -0.15) is 0 Å². The molecule has 0 atom stereocenters. The molecule has 0 saturated heterocycles. The number of benzene rings is 1. The van der Waals surface area contributed by atoms with E-state index in [-0.39, 0.29) is 12.2 Å². The summed E-state index contributed by atoms with van der Waals surface area (Å²) in [6, 6.07) is 3.86. The second-order valence-electron chi connectivity index (χ2n) is 5.07. The Morgan fingerprint density at radius 3 is 2.72 bits per heavy atom. The van der Waals surface area contributed by atoms with Crippen LogP contribution in [0.2, 0.25) is 0 Å². The fraction of sp³-hybridized carbons (Fsp3) is 0.571. The van der Waals surface area contributed by atoms with Gasteiger partial charge >= 0.3 is 0 Å². The van der Waals surface area contributed by atoms with E-state index in [9.17, 15) is 0 Å². The molecular weight excluding hydrogens is 230 g/mol. The Labute approximate surface area is 107 Å². The van der Waals surface area contributed by atoms with Crippen LogP contribution in [0.4, 0.5) is 0 Å². The van der Waals surface area contributed by atoms with Crippen LogP contribution in [0, 0.1) is 0 Å². The van der Waals surface area contributed by atoms with Crippen LogP contribution in [0.5, 0.6) is 17.2 Å². The summed E-state index contributed by atoms with van der Waals surface area (Å²) >= 11 is 0. The lowest BCUT2D eigenvalue weighted by Gasteiger charge is -2.30. The van der Waals surface area contributed by atoms with Crippen LogP contribution in [0.1, 0.15) is 31.2 Å². The van der Waals surface area contributed by atoms with Crippen LogP contribution >= 0.6 is 0 Å². The van der Waals surface area contributed by atoms with Crippen molar-refractivity contribution >= 4 is 0 Å². The molecule has 1 saturated carbocycles. The third-order valence-electron chi connectivity index (χ3n) is 4.20. The summed E-state index contributed by atoms with van der Waals surface area (Å²) in [4.78, 5) is 0. The van der Waals surface area contributed by atoms with Crippen LogP contribution < -0.4 is 19.9 Å². The minimum absolute atomic E-state index is 0.00954. The second-order valence-corrected chi connectivity index (χ2v) is 5.07. The summed E-state index contributed by atoms with van der Waals surface area (Å²) in [5, 5.41) is 0. The molecular formula is C14H19NO3. The lowest BCUT2D eigenvalue weighted by atomic mass is 9.77. The molecule has 2 N–H and O–H groups in total. The van der Waals surface area contributed by atoms with Gasteiger partial charge in [-0.15, -0.1) is 0 Å². The highest BCUT2D eigenvalue weighted by Crippen LogP contribution is 2.52. The third kappa shape index (κ3) is 1.56. The van der Waals surface area contributed by atoms with E-state index in [0.717, 1.165) is 35.7 Å². The topological polar surface area (TPSA) is 53.7 Å². The molecule has 1 heterocycles. The Hall–Kier alpha value is -1.42. The molecule has 0 unspecified atom stereocenters. The summed E-state index contributed by atoms with van der Waals surface area (Å²) in [6.45, 7) is 0.916. The molecule has 0 bridgehead atoms. The first-order valence-electron chi connectivity index (χ1n) is 6.48. The molecule has 3 rings (SSSR count). The van der Waals surface area contributed by atoms with Crippen molar-refractivity contribution in [3.05, 3.63) is 17.7 Å². The highest BCUT2D eigenvalue weighted by molar-refractivity contribution is 5.59. The lowest BCUT2D eigenvalue weighted by Crippen LogP contribution is -2.32. The van der Waals surface area contributed by atoms with Gasteiger partial charge in [-0.1, -0.05) is 12.8 Å².